The van der Waals surface area contributed by atoms with Crippen molar-refractivity contribution in [3.63, 3.8) is 0 Å². The van der Waals surface area contributed by atoms with Crippen LogP contribution in [-0.2, 0) is 14.3 Å². The van der Waals surface area contributed by atoms with Crippen molar-refractivity contribution in [2.45, 2.75) is 13.3 Å². The van der Waals surface area contributed by atoms with Gasteiger partial charge in [0, 0.05) is 26.6 Å². The fraction of sp³-hybridized carbons (Fsp3) is 0.417. The van der Waals surface area contributed by atoms with Crippen LogP contribution in [0.15, 0.2) is 18.3 Å². The Morgan fingerprint density at radius 3 is 2.71 bits per heavy atom. The number of aromatic nitrogens is 1. The van der Waals surface area contributed by atoms with Gasteiger partial charge in [0.05, 0.1) is 12.1 Å². The van der Waals surface area contributed by atoms with Crippen LogP contribution in [0.3, 0.4) is 0 Å². The lowest BCUT2D eigenvalue weighted by atomic mass is 10.3. The number of nitro groups is 1. The van der Waals surface area contributed by atoms with Crippen LogP contribution < -0.4 is 5.32 Å². The molecule has 9 nitrogen and oxygen atoms in total. The van der Waals surface area contributed by atoms with E-state index in [4.69, 9.17) is 4.74 Å². The van der Waals surface area contributed by atoms with E-state index in [2.05, 4.69) is 10.3 Å². The van der Waals surface area contributed by atoms with Crippen molar-refractivity contribution < 1.29 is 19.2 Å². The van der Waals surface area contributed by atoms with Crippen LogP contribution in [0.1, 0.15) is 13.3 Å². The number of esters is 1. The van der Waals surface area contributed by atoms with E-state index in [-0.39, 0.29) is 24.9 Å². The van der Waals surface area contributed by atoms with Crippen LogP contribution in [0.25, 0.3) is 0 Å². The Labute approximate surface area is 121 Å². The Kier molecular flexibility index (Phi) is 6.05. The number of nitrogens with zero attached hydrogens (tertiary/aromatic N) is 3. The molecule has 1 aromatic heterocycles. The van der Waals surface area contributed by atoms with Gasteiger partial charge in [-0.1, -0.05) is 0 Å². The van der Waals surface area contributed by atoms with Gasteiger partial charge in [-0.05, 0) is 16.0 Å². The predicted molar refractivity (Wildman–Crippen MR) is 73.4 cm³/mol. The van der Waals surface area contributed by atoms with E-state index in [0.29, 0.717) is 12.2 Å². The fourth-order valence-corrected chi connectivity index (χ4v) is 1.24. The molecule has 0 spiro atoms. The van der Waals surface area contributed by atoms with Crippen molar-refractivity contribution in [3.05, 3.63) is 28.4 Å². The monoisotopic (exact) mass is 296 g/mol. The summed E-state index contributed by atoms with van der Waals surface area (Å²) < 4.78 is 4.87. The second-order valence-electron chi connectivity index (χ2n) is 4.20. The lowest BCUT2D eigenvalue weighted by Gasteiger charge is -2.14. The number of carbonyl (C=O) groups is 2. The first kappa shape index (κ1) is 16.3. The first-order chi connectivity index (χ1) is 9.90. The van der Waals surface area contributed by atoms with Crippen molar-refractivity contribution in [2.24, 2.45) is 0 Å². The molecule has 0 saturated heterocycles. The Morgan fingerprint density at radius 2 is 2.19 bits per heavy atom. The number of carbonyl (C=O) groups excluding carboxylic acids is 2. The van der Waals surface area contributed by atoms with Gasteiger partial charge < -0.3 is 25.1 Å². The molecular weight excluding hydrogens is 280 g/mol. The number of pyridine rings is 1. The molecule has 21 heavy (non-hydrogen) atoms. The molecule has 1 rings (SSSR count). The third kappa shape index (κ3) is 5.85. The van der Waals surface area contributed by atoms with Gasteiger partial charge in [0.25, 0.3) is 0 Å². The van der Waals surface area contributed by atoms with E-state index in [1.807, 2.05) is 0 Å². The Bertz CT molecular complexity index is 517. The summed E-state index contributed by atoms with van der Waals surface area (Å²) in [4.78, 5) is 37.0. The first-order valence-electron chi connectivity index (χ1n) is 6.12. The fourth-order valence-electron chi connectivity index (χ4n) is 1.24. The number of hydrogen-bond donors (Lipinski definition) is 1. The molecule has 9 heteroatoms. The van der Waals surface area contributed by atoms with Crippen molar-refractivity contribution in [1.29, 1.82) is 0 Å². The molecule has 0 unspecified atom stereocenters. The summed E-state index contributed by atoms with van der Waals surface area (Å²) in [7, 11) is 1.52. The van der Waals surface area contributed by atoms with Gasteiger partial charge >= 0.3 is 11.8 Å². The molecule has 0 aliphatic carbocycles. The summed E-state index contributed by atoms with van der Waals surface area (Å²) >= 11 is 0. The molecule has 0 aliphatic rings. The summed E-state index contributed by atoms with van der Waals surface area (Å²) in [6.45, 7) is 1.58. The number of amides is 1. The van der Waals surface area contributed by atoms with Crippen molar-refractivity contribution >= 4 is 23.4 Å². The first-order valence-corrected chi connectivity index (χ1v) is 6.12. The van der Waals surface area contributed by atoms with E-state index in [1.54, 1.807) is 0 Å². The van der Waals surface area contributed by atoms with Gasteiger partial charge in [-0.3, -0.25) is 9.59 Å². The molecule has 0 atom stereocenters. The lowest BCUT2D eigenvalue weighted by molar-refractivity contribution is -0.389. The molecular formula is C12H16N4O5. The molecule has 1 amide bonds. The maximum atomic E-state index is 11.4. The third-order valence-electron chi connectivity index (χ3n) is 2.55. The number of anilines is 1. The smallest absolute Gasteiger partial charge is 0.363 e. The molecule has 0 radical (unpaired) electrons. The highest BCUT2D eigenvalue weighted by molar-refractivity contribution is 5.73. The maximum absolute atomic E-state index is 11.4. The predicted octanol–water partition coefficient (Wildman–Crippen LogP) is 0.771. The van der Waals surface area contributed by atoms with Gasteiger partial charge in [0.15, 0.2) is 12.9 Å². The average molecular weight is 296 g/mol. The molecule has 0 fully saturated rings. The zero-order chi connectivity index (χ0) is 15.8. The standard InChI is InChI=1S/C12H16N4O5/c1-9(17)15(2)8-21-12(18)5-6-13-10-3-4-11(14-7-10)16(19)20/h3-4,7,13H,5-6,8H2,1-2H3. The highest BCUT2D eigenvalue weighted by atomic mass is 16.6. The zero-order valence-electron chi connectivity index (χ0n) is 11.7. The van der Waals surface area contributed by atoms with Crippen molar-refractivity contribution in [3.8, 4) is 0 Å². The lowest BCUT2D eigenvalue weighted by Crippen LogP contribution is -2.28. The second-order valence-corrected chi connectivity index (χ2v) is 4.20. The summed E-state index contributed by atoms with van der Waals surface area (Å²) in [5, 5.41) is 13.3. The van der Waals surface area contributed by atoms with Gasteiger partial charge in [-0.25, -0.2) is 0 Å². The SMILES string of the molecule is CC(=O)N(C)COC(=O)CCNc1ccc([N+](=O)[O-])nc1. The summed E-state index contributed by atoms with van der Waals surface area (Å²) in [5.41, 5.74) is 0.564. The minimum absolute atomic E-state index is 0.0900. The van der Waals surface area contributed by atoms with Crippen LogP contribution >= 0.6 is 0 Å². The quantitative estimate of drug-likeness (QED) is 0.342. The van der Waals surface area contributed by atoms with Gasteiger partial charge in [-0.2, -0.15) is 0 Å². The van der Waals surface area contributed by atoms with Crippen LogP contribution in [0, 0.1) is 10.1 Å². The molecule has 0 aliphatic heterocycles. The molecule has 0 aromatic carbocycles. The number of rotatable bonds is 7. The molecule has 1 aromatic rings. The Morgan fingerprint density at radius 1 is 1.48 bits per heavy atom. The van der Waals surface area contributed by atoms with Crippen molar-refractivity contribution in [2.75, 3.05) is 25.6 Å². The van der Waals surface area contributed by atoms with Crippen LogP contribution in [0.5, 0.6) is 0 Å². The summed E-state index contributed by atoms with van der Waals surface area (Å²) in [6.07, 6.45) is 1.41. The average Bonchev–Trinajstić information content (AvgIpc) is 2.45. The molecule has 1 heterocycles. The zero-order valence-corrected chi connectivity index (χ0v) is 11.7. The van der Waals surface area contributed by atoms with Crippen LogP contribution in [0.4, 0.5) is 11.5 Å². The Hall–Kier alpha value is -2.71. The Balaban J connectivity index is 2.28. The topological polar surface area (TPSA) is 115 Å². The van der Waals surface area contributed by atoms with Crippen LogP contribution in [0.2, 0.25) is 0 Å². The molecule has 0 bridgehead atoms. The normalized spacial score (nSPS) is 9.81. The van der Waals surface area contributed by atoms with E-state index in [9.17, 15) is 19.7 Å². The van der Waals surface area contributed by atoms with E-state index < -0.39 is 10.9 Å². The van der Waals surface area contributed by atoms with Gasteiger partial charge in [0.2, 0.25) is 5.91 Å². The highest BCUT2D eigenvalue weighted by Crippen LogP contribution is 2.11. The highest BCUT2D eigenvalue weighted by Gasteiger charge is 2.08. The second kappa shape index (κ2) is 7.78. The number of ether oxygens (including phenoxy) is 1. The summed E-state index contributed by atoms with van der Waals surface area (Å²) in [5.74, 6) is -0.893. The van der Waals surface area contributed by atoms with E-state index >= 15 is 0 Å². The maximum Gasteiger partial charge on any atom is 0.363 e. The largest absolute Gasteiger partial charge is 0.444 e. The van der Waals surface area contributed by atoms with Gasteiger partial charge in [-0.15, -0.1) is 0 Å². The molecule has 114 valence electrons. The van der Waals surface area contributed by atoms with E-state index in [0.717, 1.165) is 0 Å². The van der Waals surface area contributed by atoms with Gasteiger partial charge in [0.1, 0.15) is 0 Å². The number of hydrogen-bond acceptors (Lipinski definition) is 7. The van der Waals surface area contributed by atoms with Crippen LogP contribution in [-0.4, -0.2) is 47.0 Å². The summed E-state index contributed by atoms with van der Waals surface area (Å²) in [6, 6.07) is 2.77. The minimum atomic E-state index is -0.591. The number of nitrogens with one attached hydrogen (secondary N) is 1. The minimum Gasteiger partial charge on any atom is -0.444 e. The third-order valence-corrected chi connectivity index (χ3v) is 2.55. The molecule has 1 N–H and O–H groups in total. The van der Waals surface area contributed by atoms with E-state index in [1.165, 1.54) is 37.2 Å². The molecule has 0 saturated carbocycles. The van der Waals surface area contributed by atoms with Crippen molar-refractivity contribution in [1.82, 2.24) is 9.88 Å².